The molecule has 1 aromatic carbocycles. The van der Waals surface area contributed by atoms with Gasteiger partial charge >= 0.3 is 6.03 Å². The van der Waals surface area contributed by atoms with Crippen molar-refractivity contribution < 1.29 is 14.4 Å². The van der Waals surface area contributed by atoms with Crippen molar-refractivity contribution in [1.82, 2.24) is 9.97 Å². The molecule has 162 valence electrons. The summed E-state index contributed by atoms with van der Waals surface area (Å²) in [5, 5.41) is 8.17. The number of fused-ring (bicyclic) bond motifs is 1. The zero-order valence-electron chi connectivity index (χ0n) is 17.4. The summed E-state index contributed by atoms with van der Waals surface area (Å²) in [6.45, 7) is 1.94. The van der Waals surface area contributed by atoms with E-state index in [1.165, 1.54) is 0 Å². The number of anilines is 3. The second-order valence-corrected chi connectivity index (χ2v) is 7.40. The lowest BCUT2D eigenvalue weighted by molar-refractivity contribution is -0.116. The van der Waals surface area contributed by atoms with E-state index in [2.05, 4.69) is 25.9 Å². The van der Waals surface area contributed by atoms with Gasteiger partial charge in [-0.3, -0.25) is 14.6 Å². The number of H-pyrrole nitrogens is 1. The topological polar surface area (TPSA) is 142 Å². The molecule has 0 unspecified atom stereocenters. The Labute approximate surface area is 184 Å². The van der Waals surface area contributed by atoms with Crippen molar-refractivity contribution in [1.29, 1.82) is 0 Å². The summed E-state index contributed by atoms with van der Waals surface area (Å²) in [7, 11) is 0. The number of hydrogen-bond donors (Lipinski definition) is 5. The highest BCUT2D eigenvalue weighted by molar-refractivity contribution is 6.35. The van der Waals surface area contributed by atoms with E-state index in [0.29, 0.717) is 41.0 Å². The first-order chi connectivity index (χ1) is 15.4. The van der Waals surface area contributed by atoms with Crippen LogP contribution in [0.1, 0.15) is 28.8 Å². The van der Waals surface area contributed by atoms with E-state index in [0.717, 1.165) is 16.8 Å². The first-order valence-corrected chi connectivity index (χ1v) is 10.0. The molecule has 0 saturated carbocycles. The van der Waals surface area contributed by atoms with Gasteiger partial charge in [-0.15, -0.1) is 0 Å². The number of carbonyl (C=O) groups is 3. The van der Waals surface area contributed by atoms with E-state index in [1.54, 1.807) is 48.8 Å². The molecule has 6 N–H and O–H groups in total. The van der Waals surface area contributed by atoms with E-state index in [4.69, 9.17) is 5.73 Å². The Morgan fingerprint density at radius 1 is 1.12 bits per heavy atom. The van der Waals surface area contributed by atoms with Gasteiger partial charge in [0.25, 0.3) is 5.91 Å². The first kappa shape index (κ1) is 20.9. The molecule has 2 aromatic heterocycles. The molecule has 0 saturated heterocycles. The van der Waals surface area contributed by atoms with Crippen LogP contribution >= 0.6 is 0 Å². The molecule has 1 aliphatic rings. The minimum atomic E-state index is -0.675. The fourth-order valence-electron chi connectivity index (χ4n) is 3.57. The Bertz CT molecular complexity index is 1230. The average molecular weight is 430 g/mol. The molecule has 1 aliphatic heterocycles. The van der Waals surface area contributed by atoms with Crippen molar-refractivity contribution >= 4 is 46.6 Å². The summed E-state index contributed by atoms with van der Waals surface area (Å²) in [6.07, 6.45) is 7.73. The third-order valence-corrected chi connectivity index (χ3v) is 5.23. The molecular formula is C23H22N6O3. The number of pyridine rings is 1. The van der Waals surface area contributed by atoms with E-state index >= 15 is 0 Å². The van der Waals surface area contributed by atoms with Crippen LogP contribution in [0.2, 0.25) is 0 Å². The van der Waals surface area contributed by atoms with Crippen LogP contribution in [0.15, 0.2) is 48.9 Å². The largest absolute Gasteiger partial charge is 0.361 e. The second kappa shape index (κ2) is 8.76. The number of amides is 4. The fourth-order valence-corrected chi connectivity index (χ4v) is 3.57. The molecule has 0 spiro atoms. The van der Waals surface area contributed by atoms with Crippen LogP contribution in [0.3, 0.4) is 0 Å². The van der Waals surface area contributed by atoms with Gasteiger partial charge in [-0.1, -0.05) is 0 Å². The predicted octanol–water partition coefficient (Wildman–Crippen LogP) is 3.27. The molecule has 9 heteroatoms. The quantitative estimate of drug-likeness (QED) is 0.383. The summed E-state index contributed by atoms with van der Waals surface area (Å²) in [6, 6.07) is 7.88. The molecule has 4 rings (SSSR count). The monoisotopic (exact) mass is 430 g/mol. The van der Waals surface area contributed by atoms with Gasteiger partial charge in [0.2, 0.25) is 5.91 Å². The maximum absolute atomic E-state index is 12.5. The lowest BCUT2D eigenvalue weighted by Crippen LogP contribution is -2.19. The Hall–Kier alpha value is -4.40. The number of primary amides is 1. The number of aryl methyl sites for hydroxylation is 1. The highest BCUT2D eigenvalue weighted by Crippen LogP contribution is 2.35. The molecule has 0 atom stereocenters. The average Bonchev–Trinajstić information content (AvgIpc) is 3.26. The number of aromatic nitrogens is 2. The Morgan fingerprint density at radius 2 is 1.91 bits per heavy atom. The third-order valence-electron chi connectivity index (χ3n) is 5.23. The van der Waals surface area contributed by atoms with Gasteiger partial charge in [0.1, 0.15) is 0 Å². The third kappa shape index (κ3) is 4.51. The molecule has 0 radical (unpaired) electrons. The van der Waals surface area contributed by atoms with Crippen LogP contribution in [0.5, 0.6) is 0 Å². The van der Waals surface area contributed by atoms with Gasteiger partial charge in [-0.2, -0.15) is 0 Å². The summed E-state index contributed by atoms with van der Waals surface area (Å²) in [5.41, 5.74) is 10.9. The number of rotatable bonds is 6. The van der Waals surface area contributed by atoms with Gasteiger partial charge in [0, 0.05) is 53.3 Å². The zero-order chi connectivity index (χ0) is 22.7. The Balaban J connectivity index is 1.49. The van der Waals surface area contributed by atoms with E-state index in [-0.39, 0.29) is 11.8 Å². The SMILES string of the molecule is Cc1c(CCC(=O)Nc2ccncc2)c[nH]c1/C=C1\C(=O)Nc2ccc(NC(N)=O)cc21. The molecule has 3 heterocycles. The molecule has 0 aliphatic carbocycles. The number of nitrogens with two attached hydrogens (primary N) is 1. The Kier molecular flexibility index (Phi) is 5.71. The number of nitrogens with one attached hydrogen (secondary N) is 4. The fraction of sp³-hybridized carbons (Fsp3) is 0.130. The molecule has 4 amide bonds. The van der Waals surface area contributed by atoms with Crippen LogP contribution in [0, 0.1) is 6.92 Å². The van der Waals surface area contributed by atoms with E-state index in [9.17, 15) is 14.4 Å². The minimum Gasteiger partial charge on any atom is -0.361 e. The summed E-state index contributed by atoms with van der Waals surface area (Å²) >= 11 is 0. The zero-order valence-corrected chi connectivity index (χ0v) is 17.4. The van der Waals surface area contributed by atoms with Crippen molar-refractivity contribution in [3.63, 3.8) is 0 Å². The van der Waals surface area contributed by atoms with Gasteiger partial charge in [-0.25, -0.2) is 4.79 Å². The molecule has 0 fully saturated rings. The number of nitrogens with zero attached hydrogens (tertiary/aromatic N) is 1. The van der Waals surface area contributed by atoms with Crippen LogP contribution in [-0.4, -0.2) is 27.8 Å². The number of aromatic amines is 1. The number of carbonyl (C=O) groups excluding carboxylic acids is 3. The van der Waals surface area contributed by atoms with Crippen molar-refractivity contribution in [2.75, 3.05) is 16.0 Å². The van der Waals surface area contributed by atoms with Crippen molar-refractivity contribution in [2.45, 2.75) is 19.8 Å². The van der Waals surface area contributed by atoms with Crippen LogP contribution in [0.4, 0.5) is 21.9 Å². The van der Waals surface area contributed by atoms with E-state index in [1.807, 2.05) is 13.1 Å². The van der Waals surface area contributed by atoms with Crippen molar-refractivity contribution in [3.05, 3.63) is 71.3 Å². The van der Waals surface area contributed by atoms with Crippen LogP contribution < -0.4 is 21.7 Å². The number of benzene rings is 1. The molecular weight excluding hydrogens is 408 g/mol. The van der Waals surface area contributed by atoms with Gasteiger partial charge in [0.15, 0.2) is 0 Å². The maximum Gasteiger partial charge on any atom is 0.316 e. The molecule has 3 aromatic rings. The summed E-state index contributed by atoms with van der Waals surface area (Å²) in [4.78, 5) is 43.0. The van der Waals surface area contributed by atoms with Crippen molar-refractivity contribution in [3.8, 4) is 0 Å². The lowest BCUT2D eigenvalue weighted by atomic mass is 10.0. The summed E-state index contributed by atoms with van der Waals surface area (Å²) in [5.74, 6) is -0.321. The lowest BCUT2D eigenvalue weighted by Gasteiger charge is -2.05. The predicted molar refractivity (Wildman–Crippen MR) is 123 cm³/mol. The van der Waals surface area contributed by atoms with Crippen molar-refractivity contribution in [2.24, 2.45) is 5.73 Å². The highest BCUT2D eigenvalue weighted by atomic mass is 16.2. The van der Waals surface area contributed by atoms with Crippen LogP contribution in [-0.2, 0) is 16.0 Å². The van der Waals surface area contributed by atoms with Gasteiger partial charge < -0.3 is 26.7 Å². The standard InChI is InChI=1S/C23H22N6O3/c1-13-14(2-5-21(30)27-15-6-8-25-9-7-15)12-26-20(13)11-18-17-10-16(28-23(24)32)3-4-19(17)29-22(18)31/h3-4,6-12,26H,2,5H2,1H3,(H,29,31)(H3,24,28,32)(H,25,27,30)/b18-11-. The van der Waals surface area contributed by atoms with Gasteiger partial charge in [-0.05, 0) is 60.9 Å². The normalized spacial score (nSPS) is 13.5. The maximum atomic E-state index is 12.5. The van der Waals surface area contributed by atoms with Gasteiger partial charge in [0.05, 0.1) is 5.57 Å². The smallest absolute Gasteiger partial charge is 0.316 e. The Morgan fingerprint density at radius 3 is 2.66 bits per heavy atom. The first-order valence-electron chi connectivity index (χ1n) is 10.0. The summed E-state index contributed by atoms with van der Waals surface area (Å²) < 4.78 is 0. The van der Waals surface area contributed by atoms with Crippen LogP contribution in [0.25, 0.3) is 11.6 Å². The second-order valence-electron chi connectivity index (χ2n) is 7.40. The van der Waals surface area contributed by atoms with E-state index < -0.39 is 6.03 Å². The minimum absolute atomic E-state index is 0.0877. The highest BCUT2D eigenvalue weighted by Gasteiger charge is 2.25. The molecule has 32 heavy (non-hydrogen) atoms. The number of urea groups is 1. The number of hydrogen-bond acceptors (Lipinski definition) is 4. The molecule has 0 bridgehead atoms. The molecule has 9 nitrogen and oxygen atoms in total.